The molecule has 1 aliphatic heterocycles. The number of hydrogen-bond donors (Lipinski definition) is 2. The first-order valence-electron chi connectivity index (χ1n) is 6.05. The van der Waals surface area contributed by atoms with E-state index in [1.54, 1.807) is 0 Å². The molecule has 0 spiro atoms. The summed E-state index contributed by atoms with van der Waals surface area (Å²) in [6.07, 6.45) is 4.55. The van der Waals surface area contributed by atoms with Gasteiger partial charge >= 0.3 is 0 Å². The van der Waals surface area contributed by atoms with Crippen molar-refractivity contribution in [3.05, 3.63) is 0 Å². The second-order valence-electron chi connectivity index (χ2n) is 5.29. The van der Waals surface area contributed by atoms with Crippen LogP contribution in [0.4, 0.5) is 0 Å². The third-order valence-electron chi connectivity index (χ3n) is 2.34. The van der Waals surface area contributed by atoms with Crippen molar-refractivity contribution in [3.63, 3.8) is 0 Å². The Morgan fingerprint density at radius 2 is 2.06 bits per heavy atom. The molecule has 0 aromatic rings. The van der Waals surface area contributed by atoms with Crippen LogP contribution in [0.25, 0.3) is 0 Å². The number of carbonyl (C=O) groups is 1. The van der Waals surface area contributed by atoms with Gasteiger partial charge in [0.15, 0.2) is 0 Å². The third-order valence-corrected chi connectivity index (χ3v) is 2.34. The molecule has 4 heteroatoms. The summed E-state index contributed by atoms with van der Waals surface area (Å²) < 4.78 is 0. The highest BCUT2D eigenvalue weighted by Gasteiger charge is 2.13. The SMILES string of the molecule is CC(C)(C)NC(=O)CNC1=NCCCCC1. The summed E-state index contributed by atoms with van der Waals surface area (Å²) in [5.74, 6) is 1.01. The van der Waals surface area contributed by atoms with Crippen LogP contribution in [0.5, 0.6) is 0 Å². The zero-order valence-corrected chi connectivity index (χ0v) is 10.6. The summed E-state index contributed by atoms with van der Waals surface area (Å²) in [7, 11) is 0. The van der Waals surface area contributed by atoms with E-state index in [0.29, 0.717) is 6.54 Å². The van der Waals surface area contributed by atoms with Crippen molar-refractivity contribution >= 4 is 11.7 Å². The monoisotopic (exact) mass is 225 g/mol. The van der Waals surface area contributed by atoms with E-state index in [4.69, 9.17) is 0 Å². The number of amidine groups is 1. The lowest BCUT2D eigenvalue weighted by molar-refractivity contribution is -0.121. The molecule has 92 valence electrons. The van der Waals surface area contributed by atoms with Crippen molar-refractivity contribution in [1.29, 1.82) is 0 Å². The van der Waals surface area contributed by atoms with Crippen LogP contribution in [0.2, 0.25) is 0 Å². The molecule has 0 radical (unpaired) electrons. The normalized spacial score (nSPS) is 17.3. The summed E-state index contributed by atoms with van der Waals surface area (Å²) in [6, 6.07) is 0. The highest BCUT2D eigenvalue weighted by molar-refractivity contribution is 5.88. The van der Waals surface area contributed by atoms with Crippen molar-refractivity contribution in [2.24, 2.45) is 4.99 Å². The van der Waals surface area contributed by atoms with Gasteiger partial charge in [-0.25, -0.2) is 0 Å². The predicted octanol–water partition coefficient (Wildman–Crippen LogP) is 1.46. The molecule has 0 aliphatic carbocycles. The molecular formula is C12H23N3O. The van der Waals surface area contributed by atoms with Crippen molar-refractivity contribution in [3.8, 4) is 0 Å². The van der Waals surface area contributed by atoms with Crippen LogP contribution in [-0.2, 0) is 4.79 Å². The summed E-state index contributed by atoms with van der Waals surface area (Å²) in [4.78, 5) is 16.0. The molecule has 0 saturated heterocycles. The molecule has 0 aromatic carbocycles. The van der Waals surface area contributed by atoms with Gasteiger partial charge in [0, 0.05) is 18.5 Å². The van der Waals surface area contributed by atoms with Crippen LogP contribution in [0.15, 0.2) is 4.99 Å². The van der Waals surface area contributed by atoms with Crippen molar-refractivity contribution < 1.29 is 4.79 Å². The first-order valence-corrected chi connectivity index (χ1v) is 6.05. The summed E-state index contributed by atoms with van der Waals surface area (Å²) in [5.41, 5.74) is -0.163. The van der Waals surface area contributed by atoms with E-state index >= 15 is 0 Å². The fourth-order valence-corrected chi connectivity index (χ4v) is 1.66. The lowest BCUT2D eigenvalue weighted by Gasteiger charge is -2.20. The molecule has 0 saturated carbocycles. The maximum atomic E-state index is 11.6. The Hall–Kier alpha value is -1.06. The molecule has 1 aliphatic rings. The van der Waals surface area contributed by atoms with Gasteiger partial charge in [0.1, 0.15) is 0 Å². The summed E-state index contributed by atoms with van der Waals surface area (Å²) in [5, 5.41) is 6.04. The van der Waals surface area contributed by atoms with Gasteiger partial charge in [-0.1, -0.05) is 6.42 Å². The van der Waals surface area contributed by atoms with Gasteiger partial charge in [-0.3, -0.25) is 9.79 Å². The number of hydrogen-bond acceptors (Lipinski definition) is 3. The maximum absolute atomic E-state index is 11.6. The highest BCUT2D eigenvalue weighted by Crippen LogP contribution is 2.05. The van der Waals surface area contributed by atoms with Gasteiger partial charge in [-0.05, 0) is 33.6 Å². The fraction of sp³-hybridized carbons (Fsp3) is 0.833. The number of carbonyl (C=O) groups excluding carboxylic acids is 1. The van der Waals surface area contributed by atoms with E-state index in [0.717, 1.165) is 18.8 Å². The number of aliphatic imine (C=N–C) groups is 1. The van der Waals surface area contributed by atoms with E-state index in [9.17, 15) is 4.79 Å². The minimum Gasteiger partial charge on any atom is -0.365 e. The second-order valence-corrected chi connectivity index (χ2v) is 5.29. The number of nitrogens with one attached hydrogen (secondary N) is 2. The van der Waals surface area contributed by atoms with Crippen molar-refractivity contribution in [2.45, 2.75) is 52.0 Å². The van der Waals surface area contributed by atoms with Crippen LogP contribution in [-0.4, -0.2) is 30.4 Å². The van der Waals surface area contributed by atoms with Gasteiger partial charge in [0.25, 0.3) is 0 Å². The number of nitrogens with zero attached hydrogens (tertiary/aromatic N) is 1. The van der Waals surface area contributed by atoms with Gasteiger partial charge in [-0.2, -0.15) is 0 Å². The Kier molecular flexibility index (Phi) is 4.77. The Morgan fingerprint density at radius 1 is 1.31 bits per heavy atom. The minimum atomic E-state index is -0.163. The zero-order valence-electron chi connectivity index (χ0n) is 10.6. The number of rotatable bonds is 2. The van der Waals surface area contributed by atoms with E-state index in [1.165, 1.54) is 19.3 Å². The van der Waals surface area contributed by atoms with Crippen molar-refractivity contribution in [2.75, 3.05) is 13.1 Å². The Balaban J connectivity index is 2.28. The summed E-state index contributed by atoms with van der Waals surface area (Å²) >= 11 is 0. The van der Waals surface area contributed by atoms with E-state index in [1.807, 2.05) is 20.8 Å². The number of amides is 1. The largest absolute Gasteiger partial charge is 0.365 e. The highest BCUT2D eigenvalue weighted by atomic mass is 16.2. The fourth-order valence-electron chi connectivity index (χ4n) is 1.66. The Labute approximate surface area is 97.9 Å². The molecule has 0 bridgehead atoms. The van der Waals surface area contributed by atoms with Crippen LogP contribution in [0, 0.1) is 0 Å². The summed E-state index contributed by atoms with van der Waals surface area (Å²) in [6.45, 7) is 7.16. The molecular weight excluding hydrogens is 202 g/mol. The lowest BCUT2D eigenvalue weighted by Crippen LogP contribution is -2.45. The van der Waals surface area contributed by atoms with Crippen LogP contribution < -0.4 is 10.6 Å². The quantitative estimate of drug-likeness (QED) is 0.747. The molecule has 1 amide bonds. The third kappa shape index (κ3) is 5.73. The average molecular weight is 225 g/mol. The van der Waals surface area contributed by atoms with Gasteiger partial charge in [0.05, 0.1) is 12.4 Å². The van der Waals surface area contributed by atoms with Gasteiger partial charge in [0.2, 0.25) is 5.91 Å². The van der Waals surface area contributed by atoms with Crippen molar-refractivity contribution in [1.82, 2.24) is 10.6 Å². The molecule has 0 atom stereocenters. The molecule has 2 N–H and O–H groups in total. The standard InChI is InChI=1S/C12H23N3O/c1-12(2,3)15-11(16)9-14-10-7-5-4-6-8-13-10/h4-9H2,1-3H3,(H,13,14)(H,15,16). The van der Waals surface area contributed by atoms with Gasteiger partial charge in [-0.15, -0.1) is 0 Å². The predicted molar refractivity (Wildman–Crippen MR) is 66.7 cm³/mol. The smallest absolute Gasteiger partial charge is 0.239 e. The lowest BCUT2D eigenvalue weighted by atomic mass is 10.1. The molecule has 0 aromatic heterocycles. The Bertz CT molecular complexity index is 266. The zero-order chi connectivity index (χ0) is 12.0. The molecule has 4 nitrogen and oxygen atoms in total. The minimum absolute atomic E-state index is 0.0273. The topological polar surface area (TPSA) is 53.5 Å². The van der Waals surface area contributed by atoms with E-state index < -0.39 is 0 Å². The molecule has 1 rings (SSSR count). The first-order chi connectivity index (χ1) is 7.47. The maximum Gasteiger partial charge on any atom is 0.239 e. The Morgan fingerprint density at radius 3 is 2.75 bits per heavy atom. The molecule has 0 fully saturated rings. The van der Waals surface area contributed by atoms with E-state index in [-0.39, 0.29) is 11.4 Å². The molecule has 16 heavy (non-hydrogen) atoms. The van der Waals surface area contributed by atoms with Gasteiger partial charge < -0.3 is 10.6 Å². The van der Waals surface area contributed by atoms with Crippen LogP contribution in [0.3, 0.4) is 0 Å². The van der Waals surface area contributed by atoms with Crippen LogP contribution >= 0.6 is 0 Å². The molecule has 1 heterocycles. The average Bonchev–Trinajstić information content (AvgIpc) is 2.39. The molecule has 0 unspecified atom stereocenters. The second kappa shape index (κ2) is 5.87. The van der Waals surface area contributed by atoms with Crippen LogP contribution in [0.1, 0.15) is 46.5 Å². The first kappa shape index (κ1) is 13.0. The van der Waals surface area contributed by atoms with E-state index in [2.05, 4.69) is 15.6 Å².